The van der Waals surface area contributed by atoms with E-state index in [2.05, 4.69) is 5.10 Å². The zero-order chi connectivity index (χ0) is 14.5. The fourth-order valence-electron chi connectivity index (χ4n) is 2.11. The maximum atomic E-state index is 12.1. The molecule has 1 aromatic heterocycles. The summed E-state index contributed by atoms with van der Waals surface area (Å²) in [6.45, 7) is 0.580. The Labute approximate surface area is 143 Å². The van der Waals surface area contributed by atoms with Crippen molar-refractivity contribution in [3.8, 4) is 0 Å². The first kappa shape index (κ1) is 20.3. The number of anilines is 1. The van der Waals surface area contributed by atoms with E-state index in [1.165, 1.54) is 0 Å². The molecule has 0 aliphatic carbocycles. The number of hydrogen-bond acceptors (Lipinski definition) is 3. The first-order valence-electron chi connectivity index (χ1n) is 6.61. The van der Waals surface area contributed by atoms with E-state index >= 15 is 0 Å². The highest BCUT2D eigenvalue weighted by molar-refractivity contribution is 5.85. The molecule has 0 fully saturated rings. The van der Waals surface area contributed by atoms with Crippen LogP contribution in [0.3, 0.4) is 0 Å². The summed E-state index contributed by atoms with van der Waals surface area (Å²) >= 11 is 0. The van der Waals surface area contributed by atoms with E-state index in [9.17, 15) is 4.79 Å². The lowest BCUT2D eigenvalue weighted by Gasteiger charge is -2.16. The van der Waals surface area contributed by atoms with Gasteiger partial charge in [0.15, 0.2) is 0 Å². The lowest BCUT2D eigenvalue weighted by Crippen LogP contribution is -2.26. The van der Waals surface area contributed by atoms with Crippen LogP contribution in [0.15, 0.2) is 36.7 Å². The Bertz CT molecular complexity index is 601. The van der Waals surface area contributed by atoms with Crippen molar-refractivity contribution in [2.75, 3.05) is 12.8 Å². The number of nitrogen functional groups attached to an aromatic ring is 1. The van der Waals surface area contributed by atoms with Crippen molar-refractivity contribution in [2.45, 2.75) is 19.4 Å². The topological polar surface area (TPSA) is 64.2 Å². The number of para-hydroxylation sites is 1. The van der Waals surface area contributed by atoms with Crippen LogP contribution < -0.4 is 5.73 Å². The molecule has 0 radical (unpaired) electrons. The third-order valence-corrected chi connectivity index (χ3v) is 3.27. The molecular formula is C15H22Cl2N4O. The molecule has 0 aliphatic rings. The Balaban J connectivity index is 0.00000220. The standard InChI is InChI=1S/C15H20N4O.2ClH/c1-18(10-12-9-17-19(2)11-12)15(20)8-7-13-5-3-4-6-14(13)16;;/h3-6,9,11H,7-8,10,16H2,1-2H3;2*1H. The van der Waals surface area contributed by atoms with E-state index in [1.807, 2.05) is 44.6 Å². The SMILES string of the molecule is CN(Cc1cnn(C)c1)C(=O)CCc1ccccc1N.Cl.Cl. The number of nitrogens with two attached hydrogens (primary N) is 1. The summed E-state index contributed by atoms with van der Waals surface area (Å²) in [5.74, 6) is 0.108. The van der Waals surface area contributed by atoms with Crippen molar-refractivity contribution >= 4 is 36.4 Å². The summed E-state index contributed by atoms with van der Waals surface area (Å²) in [6.07, 6.45) is 4.83. The largest absolute Gasteiger partial charge is 0.399 e. The molecule has 2 aromatic rings. The number of amides is 1. The van der Waals surface area contributed by atoms with Gasteiger partial charge >= 0.3 is 0 Å². The highest BCUT2D eigenvalue weighted by Crippen LogP contribution is 2.13. The van der Waals surface area contributed by atoms with Gasteiger partial charge in [0.1, 0.15) is 0 Å². The first-order valence-corrected chi connectivity index (χ1v) is 6.61. The van der Waals surface area contributed by atoms with E-state index in [0.717, 1.165) is 16.8 Å². The minimum absolute atomic E-state index is 0. The Morgan fingerprint density at radius 3 is 2.59 bits per heavy atom. The number of carbonyl (C=O) groups excluding carboxylic acids is 1. The molecule has 1 amide bonds. The molecule has 1 aromatic carbocycles. The maximum Gasteiger partial charge on any atom is 0.222 e. The number of halogens is 2. The fourth-order valence-corrected chi connectivity index (χ4v) is 2.11. The molecule has 122 valence electrons. The third kappa shape index (κ3) is 5.58. The second-order valence-electron chi connectivity index (χ2n) is 4.97. The highest BCUT2D eigenvalue weighted by Gasteiger charge is 2.11. The summed E-state index contributed by atoms with van der Waals surface area (Å²) in [5, 5.41) is 4.10. The van der Waals surface area contributed by atoms with Crippen molar-refractivity contribution in [2.24, 2.45) is 7.05 Å². The minimum atomic E-state index is 0. The van der Waals surface area contributed by atoms with Gasteiger partial charge in [0.25, 0.3) is 0 Å². The van der Waals surface area contributed by atoms with Crippen LogP contribution in [-0.4, -0.2) is 27.6 Å². The van der Waals surface area contributed by atoms with Gasteiger partial charge in [0.05, 0.1) is 6.20 Å². The van der Waals surface area contributed by atoms with Gasteiger partial charge in [-0.25, -0.2) is 0 Å². The van der Waals surface area contributed by atoms with Crippen molar-refractivity contribution in [3.05, 3.63) is 47.8 Å². The second-order valence-corrected chi connectivity index (χ2v) is 4.97. The number of aryl methyl sites for hydroxylation is 2. The van der Waals surface area contributed by atoms with E-state index in [4.69, 9.17) is 5.73 Å². The molecule has 7 heteroatoms. The molecule has 22 heavy (non-hydrogen) atoms. The van der Waals surface area contributed by atoms with Gasteiger partial charge in [0, 0.05) is 44.5 Å². The van der Waals surface area contributed by atoms with Gasteiger partial charge in [0.2, 0.25) is 5.91 Å². The van der Waals surface area contributed by atoms with Crippen LogP contribution in [-0.2, 0) is 24.8 Å². The van der Waals surface area contributed by atoms with Gasteiger partial charge in [-0.05, 0) is 18.1 Å². The van der Waals surface area contributed by atoms with Gasteiger partial charge in [-0.1, -0.05) is 18.2 Å². The Kier molecular flexibility index (Phi) is 8.60. The summed E-state index contributed by atoms with van der Waals surface area (Å²) in [4.78, 5) is 13.8. The molecule has 0 spiro atoms. The fraction of sp³-hybridized carbons (Fsp3) is 0.333. The molecular weight excluding hydrogens is 323 g/mol. The molecule has 0 bridgehead atoms. The van der Waals surface area contributed by atoms with E-state index < -0.39 is 0 Å². The van der Waals surface area contributed by atoms with E-state index in [0.29, 0.717) is 19.4 Å². The summed E-state index contributed by atoms with van der Waals surface area (Å²) in [6, 6.07) is 7.66. The molecule has 0 saturated carbocycles. The summed E-state index contributed by atoms with van der Waals surface area (Å²) in [7, 11) is 3.67. The lowest BCUT2D eigenvalue weighted by molar-refractivity contribution is -0.130. The molecule has 2 rings (SSSR count). The molecule has 0 atom stereocenters. The quantitative estimate of drug-likeness (QED) is 0.847. The predicted molar refractivity (Wildman–Crippen MR) is 93.4 cm³/mol. The number of carbonyl (C=O) groups is 1. The Hall–Kier alpha value is -1.72. The van der Waals surface area contributed by atoms with Crippen LogP contribution in [0.2, 0.25) is 0 Å². The zero-order valence-corrected chi connectivity index (χ0v) is 14.4. The van der Waals surface area contributed by atoms with Crippen LogP contribution in [0, 0.1) is 0 Å². The second kappa shape index (κ2) is 9.33. The van der Waals surface area contributed by atoms with Crippen molar-refractivity contribution in [1.29, 1.82) is 0 Å². The molecule has 0 aliphatic heterocycles. The first-order chi connectivity index (χ1) is 9.56. The normalized spacial score (nSPS) is 9.55. The Morgan fingerprint density at radius 1 is 1.32 bits per heavy atom. The van der Waals surface area contributed by atoms with Crippen LogP contribution in [0.4, 0.5) is 5.69 Å². The highest BCUT2D eigenvalue weighted by atomic mass is 35.5. The minimum Gasteiger partial charge on any atom is -0.399 e. The van der Waals surface area contributed by atoms with Crippen molar-refractivity contribution < 1.29 is 4.79 Å². The number of rotatable bonds is 5. The smallest absolute Gasteiger partial charge is 0.222 e. The van der Waals surface area contributed by atoms with Gasteiger partial charge in [-0.2, -0.15) is 5.10 Å². The predicted octanol–water partition coefficient (Wildman–Crippen LogP) is 2.44. The Morgan fingerprint density at radius 2 is 2.00 bits per heavy atom. The van der Waals surface area contributed by atoms with Crippen LogP contribution >= 0.6 is 24.8 Å². The molecule has 1 heterocycles. The van der Waals surface area contributed by atoms with Crippen molar-refractivity contribution in [1.82, 2.24) is 14.7 Å². The van der Waals surface area contributed by atoms with E-state index in [1.54, 1.807) is 15.8 Å². The van der Waals surface area contributed by atoms with Crippen LogP contribution in [0.5, 0.6) is 0 Å². The average molecular weight is 345 g/mol. The molecule has 0 saturated heterocycles. The third-order valence-electron chi connectivity index (χ3n) is 3.27. The number of hydrogen-bond donors (Lipinski definition) is 1. The average Bonchev–Trinajstić information content (AvgIpc) is 2.82. The van der Waals surface area contributed by atoms with Gasteiger partial charge in [-0.3, -0.25) is 9.48 Å². The number of benzene rings is 1. The molecule has 5 nitrogen and oxygen atoms in total. The van der Waals surface area contributed by atoms with Crippen molar-refractivity contribution in [3.63, 3.8) is 0 Å². The number of aromatic nitrogens is 2. The maximum absolute atomic E-state index is 12.1. The van der Waals surface area contributed by atoms with E-state index in [-0.39, 0.29) is 30.7 Å². The van der Waals surface area contributed by atoms with Gasteiger partial charge < -0.3 is 10.6 Å². The molecule has 2 N–H and O–H groups in total. The lowest BCUT2D eigenvalue weighted by atomic mass is 10.1. The van der Waals surface area contributed by atoms with Crippen LogP contribution in [0.1, 0.15) is 17.5 Å². The zero-order valence-electron chi connectivity index (χ0n) is 12.7. The summed E-state index contributed by atoms with van der Waals surface area (Å²) in [5.41, 5.74) is 8.67. The molecule has 0 unspecified atom stereocenters. The number of nitrogens with zero attached hydrogens (tertiary/aromatic N) is 3. The van der Waals surface area contributed by atoms with Gasteiger partial charge in [-0.15, -0.1) is 24.8 Å². The van der Waals surface area contributed by atoms with Crippen LogP contribution in [0.25, 0.3) is 0 Å². The summed E-state index contributed by atoms with van der Waals surface area (Å²) < 4.78 is 1.73. The monoisotopic (exact) mass is 344 g/mol.